The van der Waals surface area contributed by atoms with Crippen molar-refractivity contribution >= 4 is 23.2 Å². The Labute approximate surface area is 143 Å². The Kier molecular flexibility index (Phi) is 3.76. The van der Waals surface area contributed by atoms with E-state index in [-0.39, 0.29) is 23.7 Å². The molecule has 2 fully saturated rings. The highest BCUT2D eigenvalue weighted by atomic mass is 32.1. The van der Waals surface area contributed by atoms with Gasteiger partial charge in [-0.25, -0.2) is 4.98 Å². The number of carbonyl (C=O) groups is 2. The summed E-state index contributed by atoms with van der Waals surface area (Å²) < 4.78 is 0. The Morgan fingerprint density at radius 2 is 2.21 bits per heavy atom. The van der Waals surface area contributed by atoms with E-state index in [1.807, 2.05) is 17.2 Å². The maximum atomic E-state index is 12.6. The fourth-order valence-electron chi connectivity index (χ4n) is 3.53. The average Bonchev–Trinajstić information content (AvgIpc) is 3.26. The average molecular weight is 343 g/mol. The Hall–Kier alpha value is -2.35. The molecular weight excluding hydrogens is 326 g/mol. The van der Waals surface area contributed by atoms with Gasteiger partial charge in [0.1, 0.15) is 0 Å². The monoisotopic (exact) mass is 343 g/mol. The first-order valence-corrected chi connectivity index (χ1v) is 8.75. The van der Waals surface area contributed by atoms with Gasteiger partial charge in [-0.15, -0.1) is 11.3 Å². The normalized spacial score (nSPS) is 23.0. The minimum absolute atomic E-state index is 0.0752. The zero-order valence-electron chi connectivity index (χ0n) is 13.3. The van der Waals surface area contributed by atoms with Gasteiger partial charge in [0, 0.05) is 30.9 Å². The Balaban J connectivity index is 1.42. The molecule has 124 valence electrons. The molecule has 24 heavy (non-hydrogen) atoms. The van der Waals surface area contributed by atoms with E-state index in [2.05, 4.69) is 15.2 Å². The van der Waals surface area contributed by atoms with Crippen LogP contribution in [0.1, 0.15) is 21.1 Å². The summed E-state index contributed by atoms with van der Waals surface area (Å²) in [4.78, 5) is 33.2. The predicted molar refractivity (Wildman–Crippen MR) is 87.2 cm³/mol. The molecule has 2 aromatic heterocycles. The van der Waals surface area contributed by atoms with Crippen molar-refractivity contribution in [3.63, 3.8) is 0 Å². The first-order valence-electron chi connectivity index (χ1n) is 7.87. The molecule has 0 N–H and O–H groups in total. The molecule has 0 saturated carbocycles. The molecular formula is C16H17N5O2S. The lowest BCUT2D eigenvalue weighted by Crippen LogP contribution is -2.35. The van der Waals surface area contributed by atoms with Crippen molar-refractivity contribution in [2.75, 3.05) is 19.6 Å². The molecule has 0 aromatic carbocycles. The molecule has 8 heteroatoms. The molecule has 2 saturated heterocycles. The number of carbonyl (C=O) groups excluding carboxylic acids is 2. The molecule has 4 rings (SSSR count). The van der Waals surface area contributed by atoms with E-state index in [1.165, 1.54) is 12.4 Å². The van der Waals surface area contributed by atoms with Crippen molar-refractivity contribution in [1.29, 1.82) is 0 Å². The highest BCUT2D eigenvalue weighted by Crippen LogP contribution is 2.33. The molecule has 7 nitrogen and oxygen atoms in total. The van der Waals surface area contributed by atoms with Crippen LogP contribution in [0.3, 0.4) is 0 Å². The van der Waals surface area contributed by atoms with E-state index in [0.29, 0.717) is 31.7 Å². The third-order valence-electron chi connectivity index (χ3n) is 4.66. The number of rotatable bonds is 3. The van der Waals surface area contributed by atoms with Gasteiger partial charge in [0.2, 0.25) is 5.91 Å². The summed E-state index contributed by atoms with van der Waals surface area (Å²) in [6.45, 7) is 4.32. The van der Waals surface area contributed by atoms with E-state index >= 15 is 0 Å². The van der Waals surface area contributed by atoms with Crippen molar-refractivity contribution < 1.29 is 9.59 Å². The van der Waals surface area contributed by atoms with Gasteiger partial charge in [0.25, 0.3) is 5.91 Å². The van der Waals surface area contributed by atoms with Gasteiger partial charge in [-0.3, -0.25) is 9.59 Å². The molecule has 0 bridgehead atoms. The van der Waals surface area contributed by atoms with Crippen molar-refractivity contribution in [3.05, 3.63) is 40.1 Å². The number of nitrogens with zero attached hydrogens (tertiary/aromatic N) is 5. The fourth-order valence-corrected chi connectivity index (χ4v) is 4.13. The summed E-state index contributed by atoms with van der Waals surface area (Å²) in [7, 11) is 0. The van der Waals surface area contributed by atoms with Crippen molar-refractivity contribution in [1.82, 2.24) is 25.0 Å². The number of likely N-dealkylation sites (tertiary alicyclic amines) is 2. The van der Waals surface area contributed by atoms with Gasteiger partial charge in [-0.05, 0) is 13.0 Å². The molecule has 0 unspecified atom stereocenters. The molecule has 2 amide bonds. The highest BCUT2D eigenvalue weighted by molar-refractivity contribution is 7.09. The minimum Gasteiger partial charge on any atom is -0.337 e. The number of hydrogen-bond donors (Lipinski definition) is 0. The predicted octanol–water partition coefficient (Wildman–Crippen LogP) is 0.972. The number of thiazole rings is 1. The first-order chi connectivity index (χ1) is 11.6. The zero-order chi connectivity index (χ0) is 16.7. The van der Waals surface area contributed by atoms with Gasteiger partial charge in [-0.2, -0.15) is 10.2 Å². The van der Waals surface area contributed by atoms with Crippen LogP contribution in [0, 0.1) is 18.8 Å². The number of amides is 2. The smallest absolute Gasteiger partial charge is 0.255 e. The minimum atomic E-state index is -0.0940. The van der Waals surface area contributed by atoms with Gasteiger partial charge in [0.15, 0.2) is 0 Å². The van der Waals surface area contributed by atoms with Crippen molar-refractivity contribution in [2.45, 2.75) is 13.5 Å². The second kappa shape index (κ2) is 5.94. The van der Waals surface area contributed by atoms with Crippen LogP contribution in [0.25, 0.3) is 0 Å². The molecule has 0 spiro atoms. The lowest BCUT2D eigenvalue weighted by atomic mass is 10.0. The number of aryl methyl sites for hydroxylation is 1. The maximum Gasteiger partial charge on any atom is 0.255 e. The number of fused-ring (bicyclic) bond motifs is 1. The van der Waals surface area contributed by atoms with Crippen LogP contribution in [0.5, 0.6) is 0 Å². The van der Waals surface area contributed by atoms with Crippen molar-refractivity contribution in [2.24, 2.45) is 11.8 Å². The Morgan fingerprint density at radius 3 is 2.88 bits per heavy atom. The molecule has 0 aliphatic carbocycles. The standard InChI is InChI=1S/C16H17N5O2S/c1-10-19-13(9-24-10)7-20-5-12-6-21(8-14(12)16(20)23)15(22)11-2-3-17-18-4-11/h2-4,9,12,14H,5-8H2,1H3/t12-,14+/m1/s1. The maximum absolute atomic E-state index is 12.6. The summed E-state index contributed by atoms with van der Waals surface area (Å²) in [5, 5.41) is 10.5. The van der Waals surface area contributed by atoms with E-state index < -0.39 is 0 Å². The summed E-state index contributed by atoms with van der Waals surface area (Å²) in [5.74, 6) is 0.169. The molecule has 2 aromatic rings. The molecule has 2 aliphatic rings. The van der Waals surface area contributed by atoms with E-state index in [4.69, 9.17) is 0 Å². The van der Waals surface area contributed by atoms with Crippen molar-refractivity contribution in [3.8, 4) is 0 Å². The van der Waals surface area contributed by atoms with Gasteiger partial charge < -0.3 is 9.80 Å². The van der Waals surface area contributed by atoms with Crippen LogP contribution < -0.4 is 0 Å². The van der Waals surface area contributed by atoms with E-state index in [0.717, 1.165) is 10.7 Å². The third-order valence-corrected chi connectivity index (χ3v) is 5.48. The van der Waals surface area contributed by atoms with Gasteiger partial charge in [0.05, 0.1) is 41.1 Å². The molecule has 0 radical (unpaired) electrons. The molecule has 4 heterocycles. The van der Waals surface area contributed by atoms with Crippen LogP contribution in [0.15, 0.2) is 23.8 Å². The first kappa shape index (κ1) is 15.2. The van der Waals surface area contributed by atoms with Gasteiger partial charge in [-0.1, -0.05) is 0 Å². The molecule has 2 aliphatic heterocycles. The van der Waals surface area contributed by atoms with Crippen LogP contribution in [0.4, 0.5) is 0 Å². The number of hydrogen-bond acceptors (Lipinski definition) is 6. The highest BCUT2D eigenvalue weighted by Gasteiger charge is 2.47. The summed E-state index contributed by atoms with van der Waals surface area (Å²) in [5.41, 5.74) is 1.47. The largest absolute Gasteiger partial charge is 0.337 e. The number of aromatic nitrogens is 3. The lowest BCUT2D eigenvalue weighted by Gasteiger charge is -2.21. The Bertz CT molecular complexity index is 778. The van der Waals surface area contributed by atoms with E-state index in [9.17, 15) is 9.59 Å². The lowest BCUT2D eigenvalue weighted by molar-refractivity contribution is -0.131. The second-order valence-corrected chi connectivity index (χ2v) is 7.35. The fraction of sp³-hybridized carbons (Fsp3) is 0.438. The quantitative estimate of drug-likeness (QED) is 0.830. The summed E-state index contributed by atoms with van der Waals surface area (Å²) in [6.07, 6.45) is 2.97. The zero-order valence-corrected chi connectivity index (χ0v) is 14.1. The van der Waals surface area contributed by atoms with Crippen LogP contribution in [-0.2, 0) is 11.3 Å². The van der Waals surface area contributed by atoms with Crippen LogP contribution in [-0.4, -0.2) is 56.4 Å². The summed E-state index contributed by atoms with van der Waals surface area (Å²) >= 11 is 1.60. The topological polar surface area (TPSA) is 79.3 Å². The summed E-state index contributed by atoms with van der Waals surface area (Å²) in [6, 6.07) is 1.65. The van der Waals surface area contributed by atoms with Crippen LogP contribution in [0.2, 0.25) is 0 Å². The third kappa shape index (κ3) is 2.66. The Morgan fingerprint density at radius 1 is 1.33 bits per heavy atom. The second-order valence-electron chi connectivity index (χ2n) is 6.28. The van der Waals surface area contributed by atoms with Crippen LogP contribution >= 0.6 is 11.3 Å². The van der Waals surface area contributed by atoms with E-state index in [1.54, 1.807) is 22.3 Å². The molecule has 2 atom stereocenters. The van der Waals surface area contributed by atoms with Gasteiger partial charge >= 0.3 is 0 Å². The SMILES string of the molecule is Cc1nc(CN2C[C@@H]3CN(C(=O)c4ccnnc4)C[C@@H]3C2=O)cs1.